The summed E-state index contributed by atoms with van der Waals surface area (Å²) in [5.74, 6) is -1.69. The third-order valence-electron chi connectivity index (χ3n) is 12.7. The molecule has 0 aromatic carbocycles. The van der Waals surface area contributed by atoms with E-state index in [-0.39, 0.29) is 19.3 Å². The Labute approximate surface area is 512 Å². The maximum atomic E-state index is 12.9. The van der Waals surface area contributed by atoms with Crippen LogP contribution in [0.25, 0.3) is 0 Å². The average molecular weight is 1240 g/mol. The highest BCUT2D eigenvalue weighted by Gasteiger charge is 2.29. The van der Waals surface area contributed by atoms with Crippen LogP contribution in [-0.4, -0.2) is 95.9 Å². The molecule has 0 aromatic heterocycles. The first-order valence-electron chi connectivity index (χ1n) is 31.8. The van der Waals surface area contributed by atoms with E-state index in [2.05, 4.69) is 124 Å². The quantitative estimate of drug-likeness (QED) is 0.0146. The highest BCUT2D eigenvalue weighted by Crippen LogP contribution is 2.45. The second-order valence-electron chi connectivity index (χ2n) is 20.8. The van der Waals surface area contributed by atoms with E-state index in [0.717, 1.165) is 109 Å². The lowest BCUT2D eigenvalue weighted by molar-refractivity contribution is -0.161. The first kappa shape index (κ1) is 81.0. The molecule has 0 saturated carbocycles. The monoisotopic (exact) mass is 1230 g/mol. The number of aliphatic hydroxyl groups is 2. The number of unbranched alkanes of at least 4 members (excludes halogenated alkanes) is 16. The molecule has 0 aliphatic heterocycles. The Kier molecular flexibility index (Phi) is 57.4. The normalized spacial score (nSPS) is 15.1. The molecule has 0 saturated heterocycles. The largest absolute Gasteiger partial charge is 0.472 e. The van der Waals surface area contributed by atoms with Gasteiger partial charge in [0, 0.05) is 19.3 Å². The van der Waals surface area contributed by atoms with Gasteiger partial charge in [0.25, 0.3) is 0 Å². The van der Waals surface area contributed by atoms with Crippen LogP contribution >= 0.6 is 15.6 Å². The summed E-state index contributed by atoms with van der Waals surface area (Å²) in [6.07, 6.45) is 67.0. The van der Waals surface area contributed by atoms with Crippen LogP contribution in [0.5, 0.6) is 0 Å². The first-order chi connectivity index (χ1) is 41.2. The lowest BCUT2D eigenvalue weighted by atomic mass is 10.0. The second kappa shape index (κ2) is 60.2. The number of esters is 3. The maximum Gasteiger partial charge on any atom is 0.472 e. The van der Waals surface area contributed by atoms with Crippen molar-refractivity contribution < 1.29 is 75.8 Å². The molecule has 18 heteroatoms. The number of ether oxygens (including phenoxy) is 3. The van der Waals surface area contributed by atoms with E-state index in [9.17, 15) is 43.5 Å². The summed E-state index contributed by atoms with van der Waals surface area (Å²) in [6, 6.07) is 0. The minimum atomic E-state index is -4.93. The number of carbonyl (C=O) groups is 3. The minimum absolute atomic E-state index is 0.0573. The molecule has 0 spiro atoms. The average Bonchev–Trinajstić information content (AvgIpc) is 3.51. The van der Waals surface area contributed by atoms with E-state index in [1.165, 1.54) is 51.4 Å². The molecule has 16 nitrogen and oxygen atoms in total. The van der Waals surface area contributed by atoms with Crippen molar-refractivity contribution in [2.24, 2.45) is 0 Å². The Hall–Kier alpha value is -4.05. The molecule has 0 aliphatic carbocycles. The third-order valence-corrected chi connectivity index (χ3v) is 14.6. The van der Waals surface area contributed by atoms with Crippen LogP contribution in [0.15, 0.2) is 122 Å². The number of allylic oxidation sites excluding steroid dienone is 20. The van der Waals surface area contributed by atoms with Crippen molar-refractivity contribution >= 4 is 33.6 Å². The maximum absolute atomic E-state index is 12.9. The Morgan fingerprint density at radius 1 is 0.341 bits per heavy atom. The highest BCUT2D eigenvalue weighted by atomic mass is 31.2. The lowest BCUT2D eigenvalue weighted by Crippen LogP contribution is -2.30. The van der Waals surface area contributed by atoms with Crippen molar-refractivity contribution in [3.05, 3.63) is 122 Å². The van der Waals surface area contributed by atoms with E-state index in [4.69, 9.17) is 32.3 Å². The number of phosphoric ester groups is 2. The van der Waals surface area contributed by atoms with Gasteiger partial charge in [0.15, 0.2) is 6.10 Å². The van der Waals surface area contributed by atoms with Gasteiger partial charge in [-0.05, 0) is 96.3 Å². The lowest BCUT2D eigenvalue weighted by Gasteiger charge is -2.21. The first-order valence-corrected chi connectivity index (χ1v) is 34.8. The zero-order valence-corrected chi connectivity index (χ0v) is 54.0. The fraction of sp³-hybridized carbons (Fsp3) is 0.657. The van der Waals surface area contributed by atoms with Crippen LogP contribution in [0.1, 0.15) is 226 Å². The molecule has 4 N–H and O–H groups in total. The molecule has 0 aromatic rings. The van der Waals surface area contributed by atoms with Gasteiger partial charge in [0.1, 0.15) is 25.4 Å². The van der Waals surface area contributed by atoms with E-state index < -0.39 is 91.5 Å². The van der Waals surface area contributed by atoms with Crippen molar-refractivity contribution in [2.75, 3.05) is 39.6 Å². The molecule has 0 heterocycles. The number of rotatable bonds is 59. The summed E-state index contributed by atoms with van der Waals surface area (Å²) < 4.78 is 60.6. The molecule has 5 unspecified atom stereocenters. The van der Waals surface area contributed by atoms with Crippen LogP contribution in [0, 0.1) is 0 Å². The molecule has 0 amide bonds. The fourth-order valence-corrected chi connectivity index (χ4v) is 9.46. The topological polar surface area (TPSA) is 231 Å². The predicted molar refractivity (Wildman–Crippen MR) is 343 cm³/mol. The molecule has 85 heavy (non-hydrogen) atoms. The van der Waals surface area contributed by atoms with Gasteiger partial charge in [-0.1, -0.05) is 232 Å². The molecule has 0 aliphatic rings. The molecular weight excluding hydrogens is 1120 g/mol. The molecular formula is C67H112O16P2. The molecule has 486 valence electrons. The summed E-state index contributed by atoms with van der Waals surface area (Å²) in [6.45, 7) is 2.30. The Bertz CT molecular complexity index is 2040. The van der Waals surface area contributed by atoms with Crippen molar-refractivity contribution in [2.45, 2.75) is 245 Å². The van der Waals surface area contributed by atoms with Gasteiger partial charge in [0.05, 0.1) is 26.4 Å². The van der Waals surface area contributed by atoms with Gasteiger partial charge in [-0.2, -0.15) is 0 Å². The van der Waals surface area contributed by atoms with Crippen molar-refractivity contribution in [1.82, 2.24) is 0 Å². The number of phosphoric acid groups is 2. The van der Waals surface area contributed by atoms with Gasteiger partial charge in [0.2, 0.25) is 0 Å². The second-order valence-corrected chi connectivity index (χ2v) is 23.7. The Morgan fingerprint density at radius 2 is 0.647 bits per heavy atom. The van der Waals surface area contributed by atoms with E-state index in [1.807, 2.05) is 18.2 Å². The zero-order valence-electron chi connectivity index (χ0n) is 52.2. The van der Waals surface area contributed by atoms with Gasteiger partial charge in [-0.3, -0.25) is 32.5 Å². The van der Waals surface area contributed by atoms with Crippen molar-refractivity contribution in [3.8, 4) is 0 Å². The SMILES string of the molecule is CC/C=C\C/C=C\C/C=C\C/C=C\C/C=C\C/C=C\CCC(=O)OCC(O)COP(=O)(O)OCC(O)COP(=O)(O)OCC(COC(=O)CCCCCC/C=C\C/C=C\C/C=C\C/C=C\CC)OC(=O)CCCCCCCCCCCCCCC. The summed E-state index contributed by atoms with van der Waals surface area (Å²) in [5.41, 5.74) is 0. The van der Waals surface area contributed by atoms with Gasteiger partial charge in [-0.15, -0.1) is 0 Å². The summed E-state index contributed by atoms with van der Waals surface area (Å²) in [5, 5.41) is 20.5. The third kappa shape index (κ3) is 61.4. The van der Waals surface area contributed by atoms with Gasteiger partial charge < -0.3 is 34.2 Å². The minimum Gasteiger partial charge on any atom is -0.463 e. The summed E-state index contributed by atoms with van der Waals surface area (Å²) >= 11 is 0. The van der Waals surface area contributed by atoms with Crippen LogP contribution in [0.3, 0.4) is 0 Å². The van der Waals surface area contributed by atoms with Crippen LogP contribution < -0.4 is 0 Å². The van der Waals surface area contributed by atoms with E-state index in [1.54, 1.807) is 0 Å². The molecule has 0 radical (unpaired) electrons. The number of aliphatic hydroxyl groups excluding tert-OH is 2. The van der Waals surface area contributed by atoms with Crippen LogP contribution in [0.4, 0.5) is 0 Å². The molecule has 0 fully saturated rings. The smallest absolute Gasteiger partial charge is 0.463 e. The Balaban J connectivity index is 4.75. The van der Waals surface area contributed by atoms with Gasteiger partial charge in [-0.25, -0.2) is 9.13 Å². The van der Waals surface area contributed by atoms with Crippen molar-refractivity contribution in [1.29, 1.82) is 0 Å². The highest BCUT2D eigenvalue weighted by molar-refractivity contribution is 7.47. The van der Waals surface area contributed by atoms with E-state index >= 15 is 0 Å². The number of hydrogen-bond acceptors (Lipinski definition) is 14. The molecule has 0 bridgehead atoms. The van der Waals surface area contributed by atoms with E-state index in [0.29, 0.717) is 25.7 Å². The van der Waals surface area contributed by atoms with Crippen LogP contribution in [0.2, 0.25) is 0 Å². The standard InChI is InChI=1S/C67H112O16P2/c1-4-7-10-13-16-19-22-25-27-29-30-32-34-36-38-41-44-47-50-53-65(70)77-56-62(68)57-79-84(73,74)80-58-63(69)59-81-85(75,76)82-61-64(83-67(72)55-52-49-46-43-40-35-24-21-18-15-12-9-6-3)60-78-66(71)54-51-48-45-42-39-37-33-31-28-26-23-20-17-14-11-8-5-2/h7-8,10-11,16-17,19-20,25-28,30,32-33,36-38,44,47,62-64,68-69H,4-6,9,12-15,18,21-24,29,31,34-35,39-43,45-46,48-61H2,1-3H3,(H,73,74)(H,75,76)/b10-7-,11-8-,19-16-,20-17-,27-25-,28-26-,32-30-,37-33-,38-36-,47-44-. The van der Waals surface area contributed by atoms with Crippen molar-refractivity contribution in [3.63, 3.8) is 0 Å². The molecule has 5 atom stereocenters. The summed E-state index contributed by atoms with van der Waals surface area (Å²) in [4.78, 5) is 58.2. The fourth-order valence-electron chi connectivity index (χ4n) is 7.88. The zero-order chi connectivity index (χ0) is 62.4. The summed E-state index contributed by atoms with van der Waals surface area (Å²) in [7, 11) is -9.80. The number of carbonyl (C=O) groups excluding carboxylic acids is 3. The Morgan fingerprint density at radius 3 is 1.06 bits per heavy atom. The predicted octanol–water partition coefficient (Wildman–Crippen LogP) is 17.1. The van der Waals surface area contributed by atoms with Gasteiger partial charge >= 0.3 is 33.6 Å². The van der Waals surface area contributed by atoms with Crippen LogP contribution in [-0.2, 0) is 55.8 Å². The number of hydrogen-bond donors (Lipinski definition) is 4. The molecule has 0 rings (SSSR count).